The first-order chi connectivity index (χ1) is 16.1. The first-order valence-electron chi connectivity index (χ1n) is 12.6. The van der Waals surface area contributed by atoms with Gasteiger partial charge < -0.3 is 19.5 Å². The van der Waals surface area contributed by atoms with Crippen LogP contribution in [-0.4, -0.2) is 77.2 Å². The normalized spacial score (nSPS) is 25.1. The lowest BCUT2D eigenvalue weighted by Gasteiger charge is -2.45. The molecule has 1 N–H and O–H groups in total. The topological polar surface area (TPSA) is 66.8 Å². The van der Waals surface area contributed by atoms with Gasteiger partial charge in [0.1, 0.15) is 11.2 Å². The Bertz CT molecular complexity index is 1000. The molecule has 1 aliphatic carbocycles. The minimum absolute atomic E-state index is 0.0202. The highest BCUT2D eigenvalue weighted by atomic mass is 16.5. The lowest BCUT2D eigenvalue weighted by atomic mass is 9.93. The summed E-state index contributed by atoms with van der Waals surface area (Å²) in [5.41, 5.74) is 0.768. The largest absolute Gasteiger partial charge is 0.379 e. The third-order valence-electron chi connectivity index (χ3n) is 7.76. The summed E-state index contributed by atoms with van der Waals surface area (Å²) in [6.45, 7) is 6.90. The number of aromatic nitrogens is 1. The minimum atomic E-state index is -0.926. The van der Waals surface area contributed by atoms with Crippen molar-refractivity contribution in [3.05, 3.63) is 36.0 Å². The van der Waals surface area contributed by atoms with Gasteiger partial charge in [-0.3, -0.25) is 14.5 Å². The Balaban J connectivity index is 1.44. The average Bonchev–Trinajstić information content (AvgIpc) is 3.00. The van der Waals surface area contributed by atoms with Gasteiger partial charge in [-0.2, -0.15) is 0 Å². The summed E-state index contributed by atoms with van der Waals surface area (Å²) < 4.78 is 7.53. The van der Waals surface area contributed by atoms with Crippen molar-refractivity contribution in [2.45, 2.75) is 63.6 Å². The predicted octanol–water partition coefficient (Wildman–Crippen LogP) is 3.03. The van der Waals surface area contributed by atoms with Gasteiger partial charge in [-0.25, -0.2) is 0 Å². The van der Waals surface area contributed by atoms with E-state index in [0.29, 0.717) is 18.8 Å². The van der Waals surface area contributed by atoms with Crippen LogP contribution in [0.1, 0.15) is 55.9 Å². The molecule has 2 aromatic rings. The van der Waals surface area contributed by atoms with Crippen molar-refractivity contribution < 1.29 is 14.3 Å². The van der Waals surface area contributed by atoms with E-state index in [1.54, 1.807) is 0 Å². The molecule has 0 bridgehead atoms. The highest BCUT2D eigenvalue weighted by molar-refractivity contribution is 6.03. The van der Waals surface area contributed by atoms with E-state index in [2.05, 4.69) is 14.8 Å². The maximum Gasteiger partial charge on any atom is 0.271 e. The van der Waals surface area contributed by atoms with Gasteiger partial charge in [0.25, 0.3) is 5.91 Å². The maximum absolute atomic E-state index is 13.8. The van der Waals surface area contributed by atoms with Crippen molar-refractivity contribution in [1.29, 1.82) is 0 Å². The van der Waals surface area contributed by atoms with Crippen LogP contribution in [0.3, 0.4) is 0 Å². The van der Waals surface area contributed by atoms with E-state index in [9.17, 15) is 9.59 Å². The van der Waals surface area contributed by atoms with Crippen molar-refractivity contribution in [2.75, 3.05) is 39.4 Å². The van der Waals surface area contributed by atoms with Crippen LogP contribution in [0.15, 0.2) is 30.3 Å². The third kappa shape index (κ3) is 4.41. The van der Waals surface area contributed by atoms with E-state index in [0.717, 1.165) is 69.4 Å². The molecule has 1 aromatic carbocycles. The van der Waals surface area contributed by atoms with E-state index in [1.165, 1.54) is 12.8 Å². The molecule has 2 aliphatic heterocycles. The van der Waals surface area contributed by atoms with Gasteiger partial charge in [-0.15, -0.1) is 0 Å². The Labute approximate surface area is 196 Å². The van der Waals surface area contributed by atoms with E-state index in [-0.39, 0.29) is 17.9 Å². The molecule has 5 rings (SSSR count). The molecule has 7 nitrogen and oxygen atoms in total. The highest BCUT2D eigenvalue weighted by Gasteiger charge is 2.48. The zero-order valence-corrected chi connectivity index (χ0v) is 19.7. The second-order valence-corrected chi connectivity index (χ2v) is 10.0. The fourth-order valence-corrected chi connectivity index (χ4v) is 5.69. The molecule has 0 spiro atoms. The van der Waals surface area contributed by atoms with E-state index in [1.807, 2.05) is 42.2 Å². The number of amides is 2. The second kappa shape index (κ2) is 9.47. The molecular formula is C26H36N4O3. The molecule has 0 unspecified atom stereocenters. The van der Waals surface area contributed by atoms with Crippen LogP contribution < -0.4 is 5.32 Å². The number of hydrogen-bond donors (Lipinski definition) is 1. The lowest BCUT2D eigenvalue weighted by molar-refractivity contribution is -0.133. The lowest BCUT2D eigenvalue weighted by Crippen LogP contribution is -2.65. The summed E-state index contributed by atoms with van der Waals surface area (Å²) in [4.78, 5) is 31.8. The number of nitrogens with one attached hydrogen (secondary N) is 1. The zero-order chi connectivity index (χ0) is 22.8. The number of rotatable bonds is 5. The number of para-hydroxylation sites is 1. The number of nitrogens with zero attached hydrogens (tertiary/aromatic N) is 3. The van der Waals surface area contributed by atoms with E-state index < -0.39 is 5.54 Å². The van der Waals surface area contributed by atoms with Crippen LogP contribution in [0.4, 0.5) is 0 Å². The van der Waals surface area contributed by atoms with Crippen LogP contribution in [0.2, 0.25) is 0 Å². The van der Waals surface area contributed by atoms with Crippen LogP contribution in [-0.2, 0) is 16.1 Å². The van der Waals surface area contributed by atoms with Crippen LogP contribution >= 0.6 is 0 Å². The maximum atomic E-state index is 13.8. The number of carbonyl (C=O) groups is 2. The molecule has 33 heavy (non-hydrogen) atoms. The SMILES string of the molecule is C[C@]1(C(=O)NC2CCCCCC2)Cn2c(cc3ccccc32)C(=O)N1CCN1CCOCC1. The molecule has 1 aromatic heterocycles. The first kappa shape index (κ1) is 22.4. The number of carbonyl (C=O) groups excluding carboxylic acids is 2. The fraction of sp³-hybridized carbons (Fsp3) is 0.615. The van der Waals surface area contributed by atoms with E-state index >= 15 is 0 Å². The molecule has 1 atom stereocenters. The Morgan fingerprint density at radius 2 is 1.82 bits per heavy atom. The zero-order valence-electron chi connectivity index (χ0n) is 19.7. The van der Waals surface area contributed by atoms with Crippen molar-refractivity contribution in [3.63, 3.8) is 0 Å². The fourth-order valence-electron chi connectivity index (χ4n) is 5.69. The monoisotopic (exact) mass is 452 g/mol. The van der Waals surface area contributed by atoms with Crippen molar-refractivity contribution >= 4 is 22.7 Å². The molecule has 2 amide bonds. The van der Waals surface area contributed by atoms with Gasteiger partial charge in [0, 0.05) is 43.1 Å². The number of hydrogen-bond acceptors (Lipinski definition) is 4. The van der Waals surface area contributed by atoms with Crippen LogP contribution in [0.5, 0.6) is 0 Å². The number of morpholine rings is 1. The molecule has 3 aliphatic rings. The number of ether oxygens (including phenoxy) is 1. The summed E-state index contributed by atoms with van der Waals surface area (Å²) in [6, 6.07) is 10.2. The summed E-state index contributed by atoms with van der Waals surface area (Å²) >= 11 is 0. The van der Waals surface area contributed by atoms with Gasteiger partial charge >= 0.3 is 0 Å². The predicted molar refractivity (Wildman–Crippen MR) is 128 cm³/mol. The highest BCUT2D eigenvalue weighted by Crippen LogP contribution is 2.32. The summed E-state index contributed by atoms with van der Waals surface area (Å²) in [5, 5.41) is 4.39. The third-order valence-corrected chi connectivity index (χ3v) is 7.76. The summed E-state index contributed by atoms with van der Waals surface area (Å²) in [5.74, 6) is -0.0719. The van der Waals surface area contributed by atoms with E-state index in [4.69, 9.17) is 4.74 Å². The Hall–Kier alpha value is -2.38. The minimum Gasteiger partial charge on any atom is -0.379 e. The van der Waals surface area contributed by atoms with Crippen molar-refractivity contribution in [2.24, 2.45) is 0 Å². The van der Waals surface area contributed by atoms with Gasteiger partial charge in [-0.05, 0) is 31.9 Å². The summed E-state index contributed by atoms with van der Waals surface area (Å²) in [7, 11) is 0. The first-order valence-corrected chi connectivity index (χ1v) is 12.6. The number of fused-ring (bicyclic) bond motifs is 3. The Morgan fingerprint density at radius 1 is 1.09 bits per heavy atom. The van der Waals surface area contributed by atoms with Gasteiger partial charge in [0.15, 0.2) is 0 Å². The second-order valence-electron chi connectivity index (χ2n) is 10.0. The molecule has 0 radical (unpaired) electrons. The Morgan fingerprint density at radius 3 is 2.58 bits per heavy atom. The Kier molecular flexibility index (Phi) is 6.43. The van der Waals surface area contributed by atoms with Gasteiger partial charge in [-0.1, -0.05) is 43.9 Å². The molecule has 7 heteroatoms. The smallest absolute Gasteiger partial charge is 0.271 e. The summed E-state index contributed by atoms with van der Waals surface area (Å²) in [6.07, 6.45) is 6.86. The van der Waals surface area contributed by atoms with Crippen LogP contribution in [0.25, 0.3) is 10.9 Å². The van der Waals surface area contributed by atoms with Crippen molar-refractivity contribution in [3.8, 4) is 0 Å². The molecule has 2 fully saturated rings. The van der Waals surface area contributed by atoms with Gasteiger partial charge in [0.2, 0.25) is 5.91 Å². The molecule has 3 heterocycles. The molecule has 1 saturated heterocycles. The number of benzene rings is 1. The van der Waals surface area contributed by atoms with Crippen LogP contribution in [0, 0.1) is 0 Å². The quantitative estimate of drug-likeness (QED) is 0.709. The molecule has 178 valence electrons. The van der Waals surface area contributed by atoms with Gasteiger partial charge in [0.05, 0.1) is 19.8 Å². The average molecular weight is 453 g/mol. The standard InChI is InChI=1S/C26H36N4O3/c1-26(25(32)27-21-9-4-2-3-5-10-21)19-29-22-11-7-6-8-20(22)18-23(29)24(31)30(26)13-12-28-14-16-33-17-15-28/h6-8,11,18,21H,2-5,9-10,12-17,19H2,1H3,(H,27,32)/t26-/m1/s1. The molecule has 1 saturated carbocycles. The molecular weight excluding hydrogens is 416 g/mol. The van der Waals surface area contributed by atoms with Crippen molar-refractivity contribution in [1.82, 2.24) is 19.7 Å².